The Balaban J connectivity index is 2.41. The van der Waals surface area contributed by atoms with Gasteiger partial charge in [0.15, 0.2) is 0 Å². The van der Waals surface area contributed by atoms with Crippen LogP contribution in [0.2, 0.25) is 0 Å². The molecule has 0 amide bonds. The molecule has 4 heteroatoms. The van der Waals surface area contributed by atoms with Crippen molar-refractivity contribution in [3.05, 3.63) is 23.7 Å². The van der Waals surface area contributed by atoms with Crippen LogP contribution in [0.25, 0.3) is 0 Å². The number of hydrogen-bond donors (Lipinski definition) is 1. The Morgan fingerprint density at radius 2 is 2.19 bits per heavy atom. The third-order valence-corrected chi connectivity index (χ3v) is 2.66. The largest absolute Gasteiger partial charge is 0.468 e. The van der Waals surface area contributed by atoms with Gasteiger partial charge in [-0.05, 0) is 31.9 Å². The summed E-state index contributed by atoms with van der Waals surface area (Å²) in [5, 5.41) is 0. The summed E-state index contributed by atoms with van der Waals surface area (Å²) < 4.78 is 10.1. The normalized spacial score (nSPS) is 14.5. The lowest BCUT2D eigenvalue weighted by atomic mass is 10.00. The minimum absolute atomic E-state index is 0.268. The summed E-state index contributed by atoms with van der Waals surface area (Å²) in [6.45, 7) is 3.97. The van der Waals surface area contributed by atoms with E-state index in [2.05, 4.69) is 11.7 Å². The molecule has 0 aliphatic rings. The number of carbonyl (C=O) groups excluding carboxylic acids is 1. The third kappa shape index (κ3) is 3.38. The average molecular weight is 225 g/mol. The van der Waals surface area contributed by atoms with E-state index in [9.17, 15) is 4.79 Å². The molecule has 4 nitrogen and oxygen atoms in total. The summed E-state index contributed by atoms with van der Waals surface area (Å²) in [6, 6.07) is 3.36. The minimum atomic E-state index is -0.538. The van der Waals surface area contributed by atoms with Gasteiger partial charge < -0.3 is 14.9 Å². The number of aryl methyl sites for hydroxylation is 1. The maximum absolute atomic E-state index is 11.1. The first kappa shape index (κ1) is 12.8. The van der Waals surface area contributed by atoms with Gasteiger partial charge in [0.25, 0.3) is 0 Å². The van der Waals surface area contributed by atoms with E-state index in [4.69, 9.17) is 10.2 Å². The summed E-state index contributed by atoms with van der Waals surface area (Å²) in [6.07, 6.45) is 1.41. The Labute approximate surface area is 95.8 Å². The van der Waals surface area contributed by atoms with Crippen LogP contribution in [0.4, 0.5) is 0 Å². The summed E-state index contributed by atoms with van der Waals surface area (Å²) in [5.41, 5.74) is 5.65. The molecule has 90 valence electrons. The smallest absolute Gasteiger partial charge is 0.322 e. The van der Waals surface area contributed by atoms with E-state index in [0.29, 0.717) is 6.42 Å². The lowest BCUT2D eigenvalue weighted by Gasteiger charge is -2.12. The number of esters is 1. The van der Waals surface area contributed by atoms with Crippen LogP contribution in [0.5, 0.6) is 0 Å². The van der Waals surface area contributed by atoms with E-state index < -0.39 is 6.04 Å². The monoisotopic (exact) mass is 225 g/mol. The molecular weight excluding hydrogens is 206 g/mol. The maximum atomic E-state index is 11.1. The lowest BCUT2D eigenvalue weighted by molar-refractivity contribution is -0.142. The maximum Gasteiger partial charge on any atom is 0.322 e. The highest BCUT2D eigenvalue weighted by atomic mass is 16.5. The zero-order chi connectivity index (χ0) is 12.1. The van der Waals surface area contributed by atoms with Gasteiger partial charge in [-0.2, -0.15) is 0 Å². The molecule has 2 atom stereocenters. The van der Waals surface area contributed by atoms with E-state index in [0.717, 1.165) is 17.9 Å². The Morgan fingerprint density at radius 1 is 1.50 bits per heavy atom. The number of furan rings is 1. The van der Waals surface area contributed by atoms with Gasteiger partial charge in [-0.15, -0.1) is 0 Å². The summed E-state index contributed by atoms with van der Waals surface area (Å²) in [5.74, 6) is 1.75. The van der Waals surface area contributed by atoms with E-state index in [1.807, 2.05) is 19.1 Å². The van der Waals surface area contributed by atoms with Crippen LogP contribution >= 0.6 is 0 Å². The molecule has 1 rings (SSSR count). The van der Waals surface area contributed by atoms with Crippen molar-refractivity contribution in [2.24, 2.45) is 5.73 Å². The van der Waals surface area contributed by atoms with E-state index in [1.54, 1.807) is 0 Å². The molecule has 0 aromatic carbocycles. The van der Waals surface area contributed by atoms with E-state index in [-0.39, 0.29) is 11.9 Å². The Bertz CT molecular complexity index is 346. The fraction of sp³-hybridized carbons (Fsp3) is 0.583. The molecule has 0 radical (unpaired) electrons. The number of ether oxygens (including phenoxy) is 1. The highest BCUT2D eigenvalue weighted by molar-refractivity contribution is 5.75. The van der Waals surface area contributed by atoms with Crippen LogP contribution in [0.1, 0.15) is 37.2 Å². The SMILES string of the molecule is COC(=O)C(N)CCC(C)c1ccc(C)o1. The number of hydrogen-bond acceptors (Lipinski definition) is 4. The number of carbonyl (C=O) groups is 1. The van der Waals surface area contributed by atoms with Gasteiger partial charge in [0.1, 0.15) is 17.6 Å². The fourth-order valence-electron chi connectivity index (χ4n) is 1.56. The van der Waals surface area contributed by atoms with Crippen LogP contribution in [-0.2, 0) is 9.53 Å². The Hall–Kier alpha value is -1.29. The van der Waals surface area contributed by atoms with Gasteiger partial charge >= 0.3 is 5.97 Å². The molecule has 0 saturated heterocycles. The molecule has 0 spiro atoms. The summed E-state index contributed by atoms with van der Waals surface area (Å²) in [7, 11) is 1.35. The predicted octanol–water partition coefficient (Wildman–Crippen LogP) is 1.97. The minimum Gasteiger partial charge on any atom is -0.468 e. The highest BCUT2D eigenvalue weighted by Gasteiger charge is 2.16. The highest BCUT2D eigenvalue weighted by Crippen LogP contribution is 2.23. The van der Waals surface area contributed by atoms with Gasteiger partial charge in [0.2, 0.25) is 0 Å². The van der Waals surface area contributed by atoms with Crippen molar-refractivity contribution in [1.29, 1.82) is 0 Å². The number of nitrogens with two attached hydrogens (primary N) is 1. The van der Waals surface area contributed by atoms with Crippen molar-refractivity contribution in [1.82, 2.24) is 0 Å². The Kier molecular flexibility index (Phi) is 4.55. The molecule has 1 heterocycles. The van der Waals surface area contributed by atoms with E-state index >= 15 is 0 Å². The molecule has 1 aromatic rings. The molecule has 0 saturated carbocycles. The van der Waals surface area contributed by atoms with Crippen LogP contribution in [0, 0.1) is 6.92 Å². The van der Waals surface area contributed by atoms with Gasteiger partial charge in [-0.3, -0.25) is 4.79 Å². The summed E-state index contributed by atoms with van der Waals surface area (Å²) >= 11 is 0. The molecule has 2 N–H and O–H groups in total. The van der Waals surface area contributed by atoms with Gasteiger partial charge in [-0.25, -0.2) is 0 Å². The number of rotatable bonds is 5. The molecule has 0 fully saturated rings. The van der Waals surface area contributed by atoms with Crippen molar-refractivity contribution in [2.45, 2.75) is 38.6 Å². The third-order valence-electron chi connectivity index (χ3n) is 2.66. The summed E-state index contributed by atoms with van der Waals surface area (Å²) in [4.78, 5) is 11.1. The lowest BCUT2D eigenvalue weighted by Crippen LogP contribution is -2.31. The Morgan fingerprint density at radius 3 is 2.69 bits per heavy atom. The molecule has 1 aromatic heterocycles. The average Bonchev–Trinajstić information content (AvgIpc) is 2.71. The zero-order valence-electron chi connectivity index (χ0n) is 10.0. The van der Waals surface area contributed by atoms with Crippen LogP contribution in [-0.4, -0.2) is 19.1 Å². The number of methoxy groups -OCH3 is 1. The van der Waals surface area contributed by atoms with Crippen LogP contribution in [0.15, 0.2) is 16.5 Å². The van der Waals surface area contributed by atoms with Gasteiger partial charge in [0.05, 0.1) is 7.11 Å². The topological polar surface area (TPSA) is 65.5 Å². The molecule has 2 unspecified atom stereocenters. The molecular formula is C12H19NO3. The van der Waals surface area contributed by atoms with Crippen molar-refractivity contribution in [3.8, 4) is 0 Å². The molecule has 0 bridgehead atoms. The van der Waals surface area contributed by atoms with Crippen LogP contribution < -0.4 is 5.73 Å². The second kappa shape index (κ2) is 5.70. The molecule has 0 aliphatic heterocycles. The first-order valence-corrected chi connectivity index (χ1v) is 5.44. The van der Waals surface area contributed by atoms with E-state index in [1.165, 1.54) is 7.11 Å². The van der Waals surface area contributed by atoms with Crippen LogP contribution in [0.3, 0.4) is 0 Å². The van der Waals surface area contributed by atoms with Crippen molar-refractivity contribution < 1.29 is 13.9 Å². The molecule has 0 aliphatic carbocycles. The van der Waals surface area contributed by atoms with Gasteiger partial charge in [-0.1, -0.05) is 6.92 Å². The first-order valence-electron chi connectivity index (χ1n) is 5.44. The van der Waals surface area contributed by atoms with Crippen molar-refractivity contribution in [2.75, 3.05) is 7.11 Å². The van der Waals surface area contributed by atoms with Crippen molar-refractivity contribution >= 4 is 5.97 Å². The predicted molar refractivity (Wildman–Crippen MR) is 61.1 cm³/mol. The van der Waals surface area contributed by atoms with Gasteiger partial charge in [0, 0.05) is 5.92 Å². The molecule has 16 heavy (non-hydrogen) atoms. The first-order chi connectivity index (χ1) is 7.54. The standard InChI is InChI=1S/C12H19NO3/c1-8(11-7-5-9(2)16-11)4-6-10(13)12(14)15-3/h5,7-8,10H,4,6,13H2,1-3H3. The second-order valence-electron chi connectivity index (χ2n) is 4.06. The fourth-order valence-corrected chi connectivity index (χ4v) is 1.56. The second-order valence-corrected chi connectivity index (χ2v) is 4.06. The quantitative estimate of drug-likeness (QED) is 0.778. The van der Waals surface area contributed by atoms with Crippen molar-refractivity contribution in [3.63, 3.8) is 0 Å². The zero-order valence-corrected chi connectivity index (χ0v) is 10.0.